The smallest absolute Gasteiger partial charge is 0.262 e. The number of hydrogen-bond donors (Lipinski definition) is 0. The van der Waals surface area contributed by atoms with Gasteiger partial charge in [0, 0.05) is 12.1 Å². The van der Waals surface area contributed by atoms with Gasteiger partial charge >= 0.3 is 0 Å². The maximum atomic E-state index is 13.0. The van der Waals surface area contributed by atoms with Crippen LogP contribution in [0.3, 0.4) is 0 Å². The molecule has 2 rings (SSSR count). The van der Waals surface area contributed by atoms with Crippen LogP contribution in [0.15, 0.2) is 60.0 Å². The van der Waals surface area contributed by atoms with Crippen LogP contribution in [0.4, 0.5) is 11.4 Å². The molecule has 0 aliphatic rings. The van der Waals surface area contributed by atoms with Crippen LogP contribution in [-0.4, -0.2) is 19.9 Å². The van der Waals surface area contributed by atoms with E-state index in [2.05, 4.69) is 6.58 Å². The Balaban J connectivity index is 2.55. The van der Waals surface area contributed by atoms with E-state index in [0.717, 1.165) is 11.1 Å². The zero-order chi connectivity index (χ0) is 17.9. The fourth-order valence-corrected chi connectivity index (χ4v) is 3.81. The normalized spacial score (nSPS) is 11.1. The first-order valence-electron chi connectivity index (χ1n) is 7.23. The summed E-state index contributed by atoms with van der Waals surface area (Å²) in [6.45, 7) is 7.49. The van der Waals surface area contributed by atoms with Crippen LogP contribution in [0.25, 0.3) is 0 Å². The highest BCUT2D eigenvalue weighted by atomic mass is 32.2. The van der Waals surface area contributed by atoms with Crippen molar-refractivity contribution in [3.63, 3.8) is 0 Å². The Morgan fingerprint density at radius 1 is 1.17 bits per heavy atom. The summed E-state index contributed by atoms with van der Waals surface area (Å²) in [5, 5.41) is 10.7. The lowest BCUT2D eigenvalue weighted by Gasteiger charge is -2.25. The number of nitro benzene ring substituents is 1. The molecule has 0 aliphatic heterocycles. The number of nitro groups is 1. The van der Waals surface area contributed by atoms with Gasteiger partial charge in [-0.25, -0.2) is 8.42 Å². The van der Waals surface area contributed by atoms with Gasteiger partial charge in [0.05, 0.1) is 22.1 Å². The third kappa shape index (κ3) is 3.30. The van der Waals surface area contributed by atoms with Crippen LogP contribution in [0.1, 0.15) is 11.1 Å². The molecule has 0 aliphatic carbocycles. The molecule has 0 bridgehead atoms. The monoisotopic (exact) mass is 346 g/mol. The summed E-state index contributed by atoms with van der Waals surface area (Å²) in [7, 11) is -3.86. The van der Waals surface area contributed by atoms with Crippen LogP contribution in [0.5, 0.6) is 0 Å². The largest absolute Gasteiger partial charge is 0.269 e. The van der Waals surface area contributed by atoms with E-state index in [9.17, 15) is 18.5 Å². The van der Waals surface area contributed by atoms with Gasteiger partial charge in [-0.1, -0.05) is 18.2 Å². The van der Waals surface area contributed by atoms with E-state index in [0.29, 0.717) is 5.69 Å². The van der Waals surface area contributed by atoms with E-state index in [4.69, 9.17) is 0 Å². The molecule has 0 heterocycles. The average Bonchev–Trinajstić information content (AvgIpc) is 2.55. The van der Waals surface area contributed by atoms with E-state index >= 15 is 0 Å². The number of hydrogen-bond acceptors (Lipinski definition) is 4. The minimum atomic E-state index is -3.86. The zero-order valence-corrected chi connectivity index (χ0v) is 14.3. The second kappa shape index (κ2) is 6.84. The molecular formula is C17H18N2O4S. The van der Waals surface area contributed by atoms with E-state index < -0.39 is 14.9 Å². The lowest BCUT2D eigenvalue weighted by molar-refractivity contribution is -0.384. The fraction of sp³-hybridized carbons (Fsp3) is 0.176. The van der Waals surface area contributed by atoms with Crippen molar-refractivity contribution in [2.24, 2.45) is 0 Å². The minimum Gasteiger partial charge on any atom is -0.262 e. The van der Waals surface area contributed by atoms with Gasteiger partial charge < -0.3 is 0 Å². The lowest BCUT2D eigenvalue weighted by atomic mass is 10.1. The molecule has 126 valence electrons. The summed E-state index contributed by atoms with van der Waals surface area (Å²) < 4.78 is 27.2. The van der Waals surface area contributed by atoms with E-state index in [1.807, 2.05) is 19.9 Å². The molecule has 0 fully saturated rings. The van der Waals surface area contributed by atoms with Crippen molar-refractivity contribution in [1.82, 2.24) is 0 Å². The molecule has 6 nitrogen and oxygen atoms in total. The molecular weight excluding hydrogens is 328 g/mol. The van der Waals surface area contributed by atoms with Gasteiger partial charge in [-0.15, -0.1) is 6.58 Å². The topological polar surface area (TPSA) is 80.5 Å². The minimum absolute atomic E-state index is 0.00384. The Bertz CT molecular complexity index is 874. The summed E-state index contributed by atoms with van der Waals surface area (Å²) in [4.78, 5) is 10.2. The predicted octanol–water partition coefficient (Wildman–Crippen LogP) is 3.59. The molecule has 0 radical (unpaired) electrons. The highest BCUT2D eigenvalue weighted by Crippen LogP contribution is 2.29. The molecule has 7 heteroatoms. The first kappa shape index (κ1) is 17.7. The maximum Gasteiger partial charge on any atom is 0.269 e. The number of benzene rings is 2. The van der Waals surface area contributed by atoms with Crippen LogP contribution >= 0.6 is 0 Å². The second-order valence-electron chi connectivity index (χ2n) is 5.29. The highest BCUT2D eigenvalue weighted by molar-refractivity contribution is 7.92. The van der Waals surface area contributed by atoms with Gasteiger partial charge in [-0.3, -0.25) is 14.4 Å². The summed E-state index contributed by atoms with van der Waals surface area (Å²) in [6.07, 6.45) is 1.50. The van der Waals surface area contributed by atoms with Gasteiger partial charge in [-0.05, 0) is 43.2 Å². The van der Waals surface area contributed by atoms with Crippen molar-refractivity contribution in [3.05, 3.63) is 76.4 Å². The number of sulfonamides is 1. The first-order chi connectivity index (χ1) is 11.3. The van der Waals surface area contributed by atoms with Crippen molar-refractivity contribution in [3.8, 4) is 0 Å². The molecule has 0 atom stereocenters. The third-order valence-corrected chi connectivity index (χ3v) is 5.57. The molecule has 2 aromatic carbocycles. The van der Waals surface area contributed by atoms with Gasteiger partial charge in [0.15, 0.2) is 0 Å². The Kier molecular flexibility index (Phi) is 5.04. The molecule has 0 aromatic heterocycles. The van der Waals surface area contributed by atoms with Crippen molar-refractivity contribution in [1.29, 1.82) is 0 Å². The number of aryl methyl sites for hydroxylation is 1. The lowest BCUT2D eigenvalue weighted by Crippen LogP contribution is -2.31. The highest BCUT2D eigenvalue weighted by Gasteiger charge is 2.26. The van der Waals surface area contributed by atoms with E-state index in [1.165, 1.54) is 34.6 Å². The Labute approximate surface area is 141 Å². The zero-order valence-electron chi connectivity index (χ0n) is 13.5. The summed E-state index contributed by atoms with van der Waals surface area (Å²) in [5.41, 5.74) is 2.23. The van der Waals surface area contributed by atoms with Crippen molar-refractivity contribution < 1.29 is 13.3 Å². The molecule has 0 saturated carbocycles. The van der Waals surface area contributed by atoms with Gasteiger partial charge in [0.1, 0.15) is 0 Å². The van der Waals surface area contributed by atoms with Crippen LogP contribution in [0.2, 0.25) is 0 Å². The molecule has 0 N–H and O–H groups in total. The fourth-order valence-electron chi connectivity index (χ4n) is 2.32. The predicted molar refractivity (Wildman–Crippen MR) is 93.7 cm³/mol. The SMILES string of the molecule is C=CCN(c1cccc(C)c1C)S(=O)(=O)c1ccc([N+](=O)[O-])cc1. The van der Waals surface area contributed by atoms with Crippen molar-refractivity contribution in [2.75, 3.05) is 10.8 Å². The number of nitrogens with zero attached hydrogens (tertiary/aromatic N) is 2. The summed E-state index contributed by atoms with van der Waals surface area (Å²) in [6, 6.07) is 10.3. The third-order valence-electron chi connectivity index (χ3n) is 3.78. The van der Waals surface area contributed by atoms with Gasteiger partial charge in [0.25, 0.3) is 15.7 Å². The maximum absolute atomic E-state index is 13.0. The average molecular weight is 346 g/mol. The number of anilines is 1. The Morgan fingerprint density at radius 3 is 2.33 bits per heavy atom. The Hall–Kier alpha value is -2.67. The molecule has 0 amide bonds. The Morgan fingerprint density at radius 2 is 1.79 bits per heavy atom. The summed E-state index contributed by atoms with van der Waals surface area (Å²) in [5.74, 6) is 0. The first-order valence-corrected chi connectivity index (χ1v) is 8.67. The molecule has 0 saturated heterocycles. The van der Waals surface area contributed by atoms with E-state index in [-0.39, 0.29) is 17.1 Å². The molecule has 24 heavy (non-hydrogen) atoms. The van der Waals surface area contributed by atoms with Crippen LogP contribution in [-0.2, 0) is 10.0 Å². The van der Waals surface area contributed by atoms with Gasteiger partial charge in [-0.2, -0.15) is 0 Å². The van der Waals surface area contributed by atoms with Crippen molar-refractivity contribution >= 4 is 21.4 Å². The second-order valence-corrected chi connectivity index (χ2v) is 7.16. The van der Waals surface area contributed by atoms with Crippen LogP contribution < -0.4 is 4.31 Å². The molecule has 0 unspecified atom stereocenters. The summed E-state index contributed by atoms with van der Waals surface area (Å²) >= 11 is 0. The van der Waals surface area contributed by atoms with Gasteiger partial charge in [0.2, 0.25) is 0 Å². The van der Waals surface area contributed by atoms with Crippen LogP contribution in [0, 0.1) is 24.0 Å². The number of rotatable bonds is 6. The quantitative estimate of drug-likeness (QED) is 0.455. The number of non-ortho nitro benzene ring substituents is 1. The molecule has 0 spiro atoms. The van der Waals surface area contributed by atoms with Crippen molar-refractivity contribution in [2.45, 2.75) is 18.7 Å². The van der Waals surface area contributed by atoms with E-state index in [1.54, 1.807) is 12.1 Å². The molecule has 2 aromatic rings. The standard InChI is InChI=1S/C17H18N2O4S/c1-4-12-18(17-7-5-6-13(2)14(17)3)24(22,23)16-10-8-15(9-11-16)19(20)21/h4-11H,1,12H2,2-3H3.